The van der Waals surface area contributed by atoms with Gasteiger partial charge in [-0.3, -0.25) is 0 Å². The van der Waals surface area contributed by atoms with Crippen molar-refractivity contribution in [3.05, 3.63) is 0 Å². The van der Waals surface area contributed by atoms with E-state index in [0.717, 1.165) is 22.6 Å². The van der Waals surface area contributed by atoms with Crippen molar-refractivity contribution in [1.82, 2.24) is 0 Å². The van der Waals surface area contributed by atoms with Crippen molar-refractivity contribution in [3.8, 4) is 0 Å². The molecule has 0 amide bonds. The van der Waals surface area contributed by atoms with Crippen molar-refractivity contribution in [2.24, 2.45) is 0 Å². The molecule has 0 fully saturated rings. The Hall–Kier alpha value is 2.83. The molecule has 0 spiro atoms. The average Bonchev–Trinajstić information content (AvgIpc) is 2.13. The summed E-state index contributed by atoms with van der Waals surface area (Å²) in [6.07, 6.45) is 2.85. The van der Waals surface area contributed by atoms with Gasteiger partial charge in [-0.2, -0.15) is 0 Å². The van der Waals surface area contributed by atoms with E-state index in [0.29, 0.717) is 1.17 Å². The maximum atomic E-state index is 2.77. The van der Waals surface area contributed by atoms with Crippen LogP contribution in [0.15, 0.2) is 0 Å². The summed E-state index contributed by atoms with van der Waals surface area (Å²) < 4.78 is 0.484. The molecule has 0 atom stereocenters. The summed E-state index contributed by atoms with van der Waals surface area (Å²) in [4.78, 5) is 0. The number of hydrogen-bond acceptors (Lipinski definition) is 0. The van der Waals surface area contributed by atoms with Gasteiger partial charge in [-0.15, -0.1) is 7.92 Å². The molecule has 0 aliphatic heterocycles. The monoisotopic (exact) mass is 587 g/mol. The van der Waals surface area contributed by atoms with Crippen molar-refractivity contribution < 1.29 is 16.8 Å². The molecule has 5 heteroatoms. The molecule has 0 aliphatic rings. The van der Waals surface area contributed by atoms with Crippen molar-refractivity contribution in [2.45, 2.75) is 85.6 Å². The summed E-state index contributed by atoms with van der Waals surface area (Å²) in [5.41, 5.74) is 3.44. The molecule has 0 heterocycles. The molecule has 1 radical (unpaired) electrons. The van der Waals surface area contributed by atoms with Gasteiger partial charge >= 0.3 is 16.8 Å². The standard InChI is InChI=1S/C15H32I2P2.Co/c1-11(2)18(12(3)4)10-9-15(16,17)19(13(5)6)14(7)8;/h11-14H,9-10H2,1-8H3;/q;+2. The predicted molar refractivity (Wildman–Crippen MR) is 115 cm³/mol. The van der Waals surface area contributed by atoms with E-state index >= 15 is 0 Å². The van der Waals surface area contributed by atoms with Crippen LogP contribution in [-0.4, -0.2) is 30.0 Å². The largest absolute Gasteiger partial charge is 2.00 e. The Morgan fingerprint density at radius 2 is 1.10 bits per heavy atom. The quantitative estimate of drug-likeness (QED) is 0.157. The molecule has 20 heavy (non-hydrogen) atoms. The third-order valence-corrected chi connectivity index (χ3v) is 14.5. The van der Waals surface area contributed by atoms with Crippen LogP contribution in [0, 0.1) is 0 Å². The second kappa shape index (κ2) is 11.4. The Balaban J connectivity index is 0. The first-order valence-electron chi connectivity index (χ1n) is 7.42. The molecular formula is C15H32CoI2P2+2. The van der Waals surface area contributed by atoms with E-state index in [2.05, 4.69) is 101 Å². The summed E-state index contributed by atoms with van der Waals surface area (Å²) in [5.74, 6) is 0. The number of hydrogen-bond donors (Lipinski definition) is 0. The molecule has 0 rings (SSSR count). The van der Waals surface area contributed by atoms with Gasteiger partial charge in [-0.25, -0.2) is 0 Å². The molecule has 0 unspecified atom stereocenters. The SMILES string of the molecule is CC(C)P(CCC(I)(I)P(C(C)C)C(C)C)C(C)C.[Co+2]. The zero-order valence-corrected chi connectivity index (χ0v) is 21.4. The zero-order valence-electron chi connectivity index (χ0n) is 14.2. The molecule has 123 valence electrons. The molecule has 0 aromatic heterocycles. The van der Waals surface area contributed by atoms with Gasteiger partial charge in [0, 0.05) is 0 Å². The van der Waals surface area contributed by atoms with Crippen LogP contribution in [0.25, 0.3) is 0 Å². The molecule has 0 aromatic rings. The third kappa shape index (κ3) is 8.62. The molecule has 0 aromatic carbocycles. The molecule has 0 aliphatic carbocycles. The van der Waals surface area contributed by atoms with Crippen LogP contribution in [0.1, 0.15) is 61.8 Å². The summed E-state index contributed by atoms with van der Waals surface area (Å²) >= 11 is 5.55. The maximum Gasteiger partial charge on any atom is 2.00 e. The normalized spacial score (nSPS) is 13.2. The van der Waals surface area contributed by atoms with Gasteiger partial charge in [0.05, 0.1) is 1.17 Å². The fourth-order valence-electron chi connectivity index (χ4n) is 2.86. The van der Waals surface area contributed by atoms with Crippen LogP contribution < -0.4 is 0 Å². The van der Waals surface area contributed by atoms with Crippen LogP contribution in [0.2, 0.25) is 0 Å². The minimum atomic E-state index is 0. The van der Waals surface area contributed by atoms with Crippen LogP contribution in [0.5, 0.6) is 0 Å². The molecular weight excluding hydrogens is 555 g/mol. The van der Waals surface area contributed by atoms with Crippen molar-refractivity contribution in [2.75, 3.05) is 6.16 Å². The summed E-state index contributed by atoms with van der Waals surface area (Å²) in [7, 11) is 0.287. The van der Waals surface area contributed by atoms with E-state index in [4.69, 9.17) is 0 Å². The molecule has 0 bridgehead atoms. The molecule has 0 saturated heterocycles. The van der Waals surface area contributed by atoms with Gasteiger partial charge in [-0.1, -0.05) is 108 Å². The Bertz CT molecular complexity index is 240. The van der Waals surface area contributed by atoms with Crippen LogP contribution in [0.4, 0.5) is 0 Å². The average molecular weight is 587 g/mol. The van der Waals surface area contributed by atoms with E-state index in [1.54, 1.807) is 0 Å². The second-order valence-electron chi connectivity index (χ2n) is 6.44. The Kier molecular flexibility index (Phi) is 14.3. The first kappa shape index (κ1) is 25.1. The van der Waals surface area contributed by atoms with Gasteiger partial charge in [0.25, 0.3) is 0 Å². The van der Waals surface area contributed by atoms with Gasteiger partial charge in [-0.05, 0) is 35.2 Å². The number of halogens is 2. The number of alkyl halides is 2. The van der Waals surface area contributed by atoms with E-state index < -0.39 is 0 Å². The van der Waals surface area contributed by atoms with Gasteiger partial charge in [0.2, 0.25) is 0 Å². The molecule has 0 saturated carbocycles. The van der Waals surface area contributed by atoms with Gasteiger partial charge in [0.15, 0.2) is 0 Å². The summed E-state index contributed by atoms with van der Waals surface area (Å²) in [5, 5.41) is 0. The fraction of sp³-hybridized carbons (Fsp3) is 1.00. The van der Waals surface area contributed by atoms with Crippen molar-refractivity contribution >= 4 is 61.0 Å². The van der Waals surface area contributed by atoms with Crippen molar-refractivity contribution in [3.63, 3.8) is 0 Å². The van der Waals surface area contributed by atoms with Crippen LogP contribution in [0.3, 0.4) is 0 Å². The van der Waals surface area contributed by atoms with Crippen LogP contribution in [-0.2, 0) is 16.8 Å². The van der Waals surface area contributed by atoms with Crippen molar-refractivity contribution in [1.29, 1.82) is 0 Å². The van der Waals surface area contributed by atoms with E-state index in [9.17, 15) is 0 Å². The summed E-state index contributed by atoms with van der Waals surface area (Å²) in [6, 6.07) is 0. The number of rotatable bonds is 8. The topological polar surface area (TPSA) is 0 Å². The zero-order chi connectivity index (χ0) is 15.4. The maximum absolute atomic E-state index is 2.77. The first-order valence-corrected chi connectivity index (χ1v) is 12.7. The summed E-state index contributed by atoms with van der Waals surface area (Å²) in [6.45, 7) is 19.4. The first-order chi connectivity index (χ1) is 8.50. The third-order valence-electron chi connectivity index (χ3n) is 3.49. The minimum absolute atomic E-state index is 0. The van der Waals surface area contributed by atoms with Gasteiger partial charge in [0.1, 0.15) is 0 Å². The van der Waals surface area contributed by atoms with E-state index in [-0.39, 0.29) is 32.6 Å². The Labute approximate surface area is 168 Å². The van der Waals surface area contributed by atoms with Gasteiger partial charge < -0.3 is 0 Å². The predicted octanol–water partition coefficient (Wildman–Crippen LogP) is 7.50. The minimum Gasteiger partial charge on any atom is -0.101 e. The molecule has 0 nitrogen and oxygen atoms in total. The smallest absolute Gasteiger partial charge is 0.101 e. The Morgan fingerprint density at radius 3 is 1.35 bits per heavy atom. The molecule has 0 N–H and O–H groups in total. The second-order valence-corrected chi connectivity index (χ2v) is 21.1. The Morgan fingerprint density at radius 1 is 0.750 bits per heavy atom. The fourth-order valence-corrected chi connectivity index (χ4v) is 17.0. The van der Waals surface area contributed by atoms with E-state index in [1.807, 2.05) is 0 Å². The van der Waals surface area contributed by atoms with Crippen LogP contribution >= 0.6 is 61.0 Å². The van der Waals surface area contributed by atoms with E-state index in [1.165, 1.54) is 12.6 Å².